The Labute approximate surface area is 145 Å². The Hall–Kier alpha value is -3.27. The van der Waals surface area contributed by atoms with Crippen molar-refractivity contribution >= 4 is 34.2 Å². The summed E-state index contributed by atoms with van der Waals surface area (Å²) >= 11 is 0. The van der Waals surface area contributed by atoms with Gasteiger partial charge in [-0.15, -0.1) is 0 Å². The first-order valence-corrected chi connectivity index (χ1v) is 8.07. The molecular formula is C21H16N2O2. The van der Waals surface area contributed by atoms with Gasteiger partial charge in [0, 0.05) is 23.1 Å². The van der Waals surface area contributed by atoms with E-state index in [1.807, 2.05) is 48.5 Å². The number of ketones is 1. The largest absolute Gasteiger partial charge is 0.507 e. The minimum atomic E-state index is -0.659. The van der Waals surface area contributed by atoms with E-state index in [0.29, 0.717) is 22.5 Å². The van der Waals surface area contributed by atoms with Gasteiger partial charge < -0.3 is 5.11 Å². The molecule has 1 aliphatic rings. The van der Waals surface area contributed by atoms with Crippen molar-refractivity contribution in [3.8, 4) is 5.75 Å². The number of para-hydroxylation sites is 1. The van der Waals surface area contributed by atoms with Crippen LogP contribution in [0.2, 0.25) is 0 Å². The van der Waals surface area contributed by atoms with E-state index < -0.39 is 6.04 Å². The molecule has 4 heteroatoms. The predicted octanol–water partition coefficient (Wildman–Crippen LogP) is 4.32. The topological polar surface area (TPSA) is 62.0 Å². The molecule has 4 rings (SSSR count). The quantitative estimate of drug-likeness (QED) is 0.712. The highest BCUT2D eigenvalue weighted by atomic mass is 16.3. The van der Waals surface area contributed by atoms with Gasteiger partial charge in [-0.2, -0.15) is 0 Å². The van der Waals surface area contributed by atoms with Crippen LogP contribution in [0, 0.1) is 0 Å². The lowest BCUT2D eigenvalue weighted by molar-refractivity contribution is 0.0984. The minimum absolute atomic E-state index is 0.0703. The number of nitrogens with zero attached hydrogens (tertiary/aromatic N) is 2. The van der Waals surface area contributed by atoms with Gasteiger partial charge in [0.15, 0.2) is 11.8 Å². The van der Waals surface area contributed by atoms with E-state index in [1.54, 1.807) is 25.3 Å². The van der Waals surface area contributed by atoms with Crippen LogP contribution >= 0.6 is 0 Å². The Morgan fingerprint density at radius 3 is 2.68 bits per heavy atom. The van der Waals surface area contributed by atoms with Gasteiger partial charge >= 0.3 is 0 Å². The van der Waals surface area contributed by atoms with Gasteiger partial charge in [0.25, 0.3) is 0 Å². The monoisotopic (exact) mass is 328 g/mol. The average molecular weight is 328 g/mol. The molecule has 0 saturated heterocycles. The first-order valence-electron chi connectivity index (χ1n) is 8.07. The predicted molar refractivity (Wildman–Crippen MR) is 101 cm³/mol. The van der Waals surface area contributed by atoms with E-state index in [-0.39, 0.29) is 11.5 Å². The van der Waals surface area contributed by atoms with Gasteiger partial charge in [-0.3, -0.25) is 14.8 Å². The summed E-state index contributed by atoms with van der Waals surface area (Å²) < 4.78 is 0. The molecule has 0 amide bonds. The maximum Gasteiger partial charge on any atom is 0.195 e. The molecule has 1 unspecified atom stereocenters. The van der Waals surface area contributed by atoms with Crippen LogP contribution in [0.25, 0.3) is 10.8 Å². The van der Waals surface area contributed by atoms with Crippen molar-refractivity contribution in [3.63, 3.8) is 0 Å². The molecule has 0 spiro atoms. The molecular weight excluding hydrogens is 312 g/mol. The summed E-state index contributed by atoms with van der Waals surface area (Å²) in [5.74, 6) is 0.0692. The molecule has 1 heterocycles. The molecule has 4 nitrogen and oxygen atoms in total. The van der Waals surface area contributed by atoms with Gasteiger partial charge in [0.2, 0.25) is 0 Å². The second kappa shape index (κ2) is 5.98. The number of carbonyl (C=O) groups is 1. The maximum atomic E-state index is 12.7. The Kier molecular flexibility index (Phi) is 3.65. The zero-order valence-electron chi connectivity index (χ0n) is 13.7. The SMILES string of the molecule is CC1=Nc2ccccc2C(=O)C1N=Cc1c(O)ccc2ccccc12. The van der Waals surface area contributed by atoms with Crippen molar-refractivity contribution < 1.29 is 9.90 Å². The first-order chi connectivity index (χ1) is 12.1. The Morgan fingerprint density at radius 1 is 1.04 bits per heavy atom. The number of rotatable bonds is 2. The van der Waals surface area contributed by atoms with E-state index in [4.69, 9.17) is 0 Å². The number of benzene rings is 3. The van der Waals surface area contributed by atoms with Crippen LogP contribution in [0.3, 0.4) is 0 Å². The van der Waals surface area contributed by atoms with Crippen LogP contribution in [0.1, 0.15) is 22.8 Å². The van der Waals surface area contributed by atoms with Crippen LogP contribution in [-0.4, -0.2) is 28.9 Å². The Balaban J connectivity index is 1.77. The number of hydrogen-bond donors (Lipinski definition) is 1. The highest BCUT2D eigenvalue weighted by Gasteiger charge is 2.28. The number of hydrogen-bond acceptors (Lipinski definition) is 4. The van der Waals surface area contributed by atoms with Crippen molar-refractivity contribution in [1.29, 1.82) is 0 Å². The fourth-order valence-corrected chi connectivity index (χ4v) is 3.11. The fraction of sp³-hybridized carbons (Fsp3) is 0.0952. The summed E-state index contributed by atoms with van der Waals surface area (Å²) in [6, 6.07) is 17.9. The van der Waals surface area contributed by atoms with Crippen LogP contribution in [0.5, 0.6) is 5.75 Å². The van der Waals surface area contributed by atoms with Crippen molar-refractivity contribution in [1.82, 2.24) is 0 Å². The zero-order chi connectivity index (χ0) is 17.4. The molecule has 0 saturated carbocycles. The summed E-state index contributed by atoms with van der Waals surface area (Å²) in [6.07, 6.45) is 1.58. The van der Waals surface area contributed by atoms with Crippen molar-refractivity contribution in [2.75, 3.05) is 0 Å². The molecule has 0 aromatic heterocycles. The third kappa shape index (κ3) is 2.62. The molecule has 122 valence electrons. The number of aliphatic imine (C=N–C) groups is 2. The highest BCUT2D eigenvalue weighted by molar-refractivity contribution is 6.21. The van der Waals surface area contributed by atoms with E-state index in [9.17, 15) is 9.90 Å². The molecule has 3 aromatic rings. The van der Waals surface area contributed by atoms with Gasteiger partial charge in [-0.1, -0.05) is 42.5 Å². The number of phenolic OH excluding ortho intramolecular Hbond substituents is 1. The van der Waals surface area contributed by atoms with Gasteiger partial charge in [0.1, 0.15) is 5.75 Å². The normalized spacial score (nSPS) is 16.9. The zero-order valence-corrected chi connectivity index (χ0v) is 13.7. The van der Waals surface area contributed by atoms with Crippen molar-refractivity contribution in [2.24, 2.45) is 9.98 Å². The summed E-state index contributed by atoms with van der Waals surface area (Å²) in [5, 5.41) is 12.1. The Morgan fingerprint density at radius 2 is 1.80 bits per heavy atom. The molecule has 3 aromatic carbocycles. The van der Waals surface area contributed by atoms with Crippen molar-refractivity contribution in [3.05, 3.63) is 71.8 Å². The van der Waals surface area contributed by atoms with E-state index >= 15 is 0 Å². The second-order valence-electron chi connectivity index (χ2n) is 6.03. The fourth-order valence-electron chi connectivity index (χ4n) is 3.11. The third-order valence-electron chi connectivity index (χ3n) is 4.41. The van der Waals surface area contributed by atoms with E-state index in [1.165, 1.54) is 0 Å². The second-order valence-corrected chi connectivity index (χ2v) is 6.03. The summed E-state index contributed by atoms with van der Waals surface area (Å²) in [6.45, 7) is 1.80. The van der Waals surface area contributed by atoms with Crippen molar-refractivity contribution in [2.45, 2.75) is 13.0 Å². The third-order valence-corrected chi connectivity index (χ3v) is 4.41. The number of phenols is 1. The summed E-state index contributed by atoms with van der Waals surface area (Å²) in [4.78, 5) is 21.7. The molecule has 0 fully saturated rings. The molecule has 0 radical (unpaired) electrons. The van der Waals surface area contributed by atoms with Crippen LogP contribution in [-0.2, 0) is 0 Å². The maximum absolute atomic E-state index is 12.7. The smallest absolute Gasteiger partial charge is 0.195 e. The molecule has 1 aliphatic heterocycles. The van der Waals surface area contributed by atoms with Gasteiger partial charge in [0.05, 0.1) is 5.69 Å². The molecule has 1 atom stereocenters. The standard InChI is InChI=1S/C21H16N2O2/c1-13-20(21(25)16-8-4-5-9-18(16)23-13)22-12-17-15-7-3-2-6-14(15)10-11-19(17)24/h2-12,20,24H,1H3. The number of fused-ring (bicyclic) bond motifs is 2. The summed E-state index contributed by atoms with van der Waals surface area (Å²) in [5.41, 5.74) is 2.53. The Bertz CT molecular complexity index is 1050. The lowest BCUT2D eigenvalue weighted by atomic mass is 9.96. The average Bonchev–Trinajstić information content (AvgIpc) is 2.63. The van der Waals surface area contributed by atoms with Crippen LogP contribution in [0.15, 0.2) is 70.6 Å². The number of carbonyl (C=O) groups excluding carboxylic acids is 1. The minimum Gasteiger partial charge on any atom is -0.507 e. The van der Waals surface area contributed by atoms with Gasteiger partial charge in [-0.25, -0.2) is 0 Å². The molecule has 1 N–H and O–H groups in total. The lowest BCUT2D eigenvalue weighted by Crippen LogP contribution is -2.29. The highest BCUT2D eigenvalue weighted by Crippen LogP contribution is 2.28. The van der Waals surface area contributed by atoms with Gasteiger partial charge in [-0.05, 0) is 35.9 Å². The van der Waals surface area contributed by atoms with Crippen LogP contribution < -0.4 is 0 Å². The van der Waals surface area contributed by atoms with E-state index in [0.717, 1.165) is 10.8 Å². The lowest BCUT2D eigenvalue weighted by Gasteiger charge is -2.18. The van der Waals surface area contributed by atoms with E-state index in [2.05, 4.69) is 9.98 Å². The molecule has 0 aliphatic carbocycles. The molecule has 25 heavy (non-hydrogen) atoms. The first kappa shape index (κ1) is 15.3. The number of Topliss-reactive ketones (excluding diaryl/α,β-unsaturated/α-hetero) is 1. The summed E-state index contributed by atoms with van der Waals surface area (Å²) in [7, 11) is 0. The molecule has 0 bridgehead atoms. The van der Waals surface area contributed by atoms with Crippen LogP contribution in [0.4, 0.5) is 5.69 Å². The number of aromatic hydroxyl groups is 1.